The van der Waals surface area contributed by atoms with Gasteiger partial charge in [-0.2, -0.15) is 0 Å². The molecular formula is C14H27NO. The molecule has 2 heteroatoms. The maximum atomic E-state index is 10.5. The van der Waals surface area contributed by atoms with Crippen molar-refractivity contribution in [2.45, 2.75) is 76.4 Å². The summed E-state index contributed by atoms with van der Waals surface area (Å²) in [6.45, 7) is 3.12. The van der Waals surface area contributed by atoms with Gasteiger partial charge in [0.15, 0.2) is 0 Å². The number of hydrogen-bond donors (Lipinski definition) is 2. The summed E-state index contributed by atoms with van der Waals surface area (Å²) in [5.41, 5.74) is -0.399. The lowest BCUT2D eigenvalue weighted by molar-refractivity contribution is -0.00899. The lowest BCUT2D eigenvalue weighted by Crippen LogP contribution is -2.46. The van der Waals surface area contributed by atoms with Crippen molar-refractivity contribution in [2.24, 2.45) is 5.92 Å². The molecule has 0 saturated heterocycles. The largest absolute Gasteiger partial charge is 0.389 e. The van der Waals surface area contributed by atoms with E-state index < -0.39 is 5.60 Å². The smallest absolute Gasteiger partial charge is 0.0771 e. The summed E-state index contributed by atoms with van der Waals surface area (Å²) in [6, 6.07) is 0.678. The molecule has 16 heavy (non-hydrogen) atoms. The molecule has 2 saturated carbocycles. The molecule has 0 bridgehead atoms. The van der Waals surface area contributed by atoms with Crippen molar-refractivity contribution in [2.75, 3.05) is 6.54 Å². The molecule has 2 fully saturated rings. The van der Waals surface area contributed by atoms with Gasteiger partial charge in [-0.1, -0.05) is 26.2 Å². The molecule has 2 aliphatic rings. The normalized spacial score (nSPS) is 37.5. The third kappa shape index (κ3) is 3.46. The Morgan fingerprint density at radius 2 is 1.69 bits per heavy atom. The predicted molar refractivity (Wildman–Crippen MR) is 67.5 cm³/mol. The van der Waals surface area contributed by atoms with Crippen LogP contribution in [0.25, 0.3) is 0 Å². The van der Waals surface area contributed by atoms with Crippen LogP contribution in [0.1, 0.15) is 64.7 Å². The maximum Gasteiger partial charge on any atom is 0.0771 e. The highest BCUT2D eigenvalue weighted by molar-refractivity contribution is 4.88. The molecule has 0 heterocycles. The first-order valence-electron chi connectivity index (χ1n) is 7.14. The van der Waals surface area contributed by atoms with E-state index in [1.54, 1.807) is 0 Å². The van der Waals surface area contributed by atoms with Crippen LogP contribution in [0.4, 0.5) is 0 Å². The summed E-state index contributed by atoms with van der Waals surface area (Å²) in [5.74, 6) is 0.815. The first-order chi connectivity index (χ1) is 7.68. The average molecular weight is 225 g/mol. The van der Waals surface area contributed by atoms with E-state index in [-0.39, 0.29) is 0 Å². The highest BCUT2D eigenvalue weighted by Gasteiger charge is 2.32. The SMILES string of the molecule is CC1CCC(O)(CNC2CCCCC2)CC1. The van der Waals surface area contributed by atoms with Gasteiger partial charge in [-0.15, -0.1) is 0 Å². The van der Waals surface area contributed by atoms with E-state index in [9.17, 15) is 5.11 Å². The zero-order valence-corrected chi connectivity index (χ0v) is 10.7. The van der Waals surface area contributed by atoms with Gasteiger partial charge in [-0.3, -0.25) is 0 Å². The minimum Gasteiger partial charge on any atom is -0.389 e. The zero-order chi connectivity index (χ0) is 11.4. The fourth-order valence-corrected chi connectivity index (χ4v) is 3.12. The molecule has 2 N–H and O–H groups in total. The summed E-state index contributed by atoms with van der Waals surface area (Å²) in [4.78, 5) is 0. The van der Waals surface area contributed by atoms with Gasteiger partial charge >= 0.3 is 0 Å². The highest BCUT2D eigenvalue weighted by atomic mass is 16.3. The van der Waals surface area contributed by atoms with Gasteiger partial charge in [-0.25, -0.2) is 0 Å². The quantitative estimate of drug-likeness (QED) is 0.774. The van der Waals surface area contributed by atoms with Crippen molar-refractivity contribution in [1.29, 1.82) is 0 Å². The van der Waals surface area contributed by atoms with Gasteiger partial charge in [0.2, 0.25) is 0 Å². The van der Waals surface area contributed by atoms with Crippen LogP contribution in [0.2, 0.25) is 0 Å². The minimum absolute atomic E-state index is 0.399. The predicted octanol–water partition coefficient (Wildman–Crippen LogP) is 2.85. The van der Waals surface area contributed by atoms with Crippen LogP contribution in [0, 0.1) is 5.92 Å². The first-order valence-corrected chi connectivity index (χ1v) is 7.14. The van der Waals surface area contributed by atoms with E-state index in [2.05, 4.69) is 12.2 Å². The molecule has 0 aliphatic heterocycles. The molecule has 0 aromatic carbocycles. The summed E-state index contributed by atoms with van der Waals surface area (Å²) >= 11 is 0. The monoisotopic (exact) mass is 225 g/mol. The van der Waals surface area contributed by atoms with E-state index in [0.717, 1.165) is 25.3 Å². The Hall–Kier alpha value is -0.0800. The van der Waals surface area contributed by atoms with Crippen LogP contribution in [0.3, 0.4) is 0 Å². The highest BCUT2D eigenvalue weighted by Crippen LogP contribution is 2.31. The molecule has 2 aliphatic carbocycles. The van der Waals surface area contributed by atoms with Gasteiger partial charge in [0.05, 0.1) is 5.60 Å². The standard InChI is InChI=1S/C14H27NO/c1-12-7-9-14(16,10-8-12)11-15-13-5-3-2-4-6-13/h12-13,15-16H,2-11H2,1H3. The topological polar surface area (TPSA) is 32.3 Å². The lowest BCUT2D eigenvalue weighted by Gasteiger charge is -2.36. The summed E-state index contributed by atoms with van der Waals surface area (Å²) < 4.78 is 0. The second-order valence-electron chi connectivity index (χ2n) is 6.12. The Bertz CT molecular complexity index is 203. The molecule has 0 atom stereocenters. The molecule has 0 aromatic rings. The van der Waals surface area contributed by atoms with Gasteiger partial charge < -0.3 is 10.4 Å². The molecule has 0 aromatic heterocycles. The van der Waals surface area contributed by atoms with Crippen molar-refractivity contribution >= 4 is 0 Å². The summed E-state index contributed by atoms with van der Waals surface area (Å²) in [7, 11) is 0. The van der Waals surface area contributed by atoms with Crippen molar-refractivity contribution in [3.05, 3.63) is 0 Å². The molecule has 0 amide bonds. The fourth-order valence-electron chi connectivity index (χ4n) is 3.12. The van der Waals surface area contributed by atoms with Crippen LogP contribution in [0.5, 0.6) is 0 Å². The Morgan fingerprint density at radius 1 is 1.06 bits per heavy atom. The Kier molecular flexibility index (Phi) is 4.26. The molecule has 2 nitrogen and oxygen atoms in total. The molecule has 94 valence electrons. The van der Waals surface area contributed by atoms with E-state index in [0.29, 0.717) is 6.04 Å². The maximum absolute atomic E-state index is 10.5. The van der Waals surface area contributed by atoms with E-state index in [1.165, 1.54) is 44.9 Å². The minimum atomic E-state index is -0.399. The second-order valence-corrected chi connectivity index (χ2v) is 6.12. The second kappa shape index (κ2) is 5.50. The van der Waals surface area contributed by atoms with Crippen LogP contribution in [0.15, 0.2) is 0 Å². The Labute approximate surface area is 99.8 Å². The van der Waals surface area contributed by atoms with Crippen molar-refractivity contribution in [3.8, 4) is 0 Å². The molecule has 0 unspecified atom stereocenters. The molecule has 0 spiro atoms. The van der Waals surface area contributed by atoms with E-state index in [1.807, 2.05) is 0 Å². The third-order valence-electron chi connectivity index (χ3n) is 4.53. The molecular weight excluding hydrogens is 198 g/mol. The zero-order valence-electron chi connectivity index (χ0n) is 10.7. The van der Waals surface area contributed by atoms with Crippen LogP contribution < -0.4 is 5.32 Å². The number of rotatable bonds is 3. The Morgan fingerprint density at radius 3 is 2.31 bits per heavy atom. The lowest BCUT2D eigenvalue weighted by atomic mass is 9.79. The van der Waals surface area contributed by atoms with Crippen LogP contribution >= 0.6 is 0 Å². The van der Waals surface area contributed by atoms with Crippen LogP contribution in [-0.2, 0) is 0 Å². The molecule has 0 radical (unpaired) electrons. The van der Waals surface area contributed by atoms with Gasteiger partial charge in [0.1, 0.15) is 0 Å². The van der Waals surface area contributed by atoms with Crippen molar-refractivity contribution in [1.82, 2.24) is 5.32 Å². The fraction of sp³-hybridized carbons (Fsp3) is 1.00. The van der Waals surface area contributed by atoms with Crippen molar-refractivity contribution in [3.63, 3.8) is 0 Å². The molecule has 2 rings (SSSR count). The summed E-state index contributed by atoms with van der Waals surface area (Å²) in [6.07, 6.45) is 11.1. The van der Waals surface area contributed by atoms with E-state index >= 15 is 0 Å². The van der Waals surface area contributed by atoms with Gasteiger partial charge in [-0.05, 0) is 44.4 Å². The number of aliphatic hydroxyl groups is 1. The first kappa shape index (κ1) is 12.4. The van der Waals surface area contributed by atoms with Gasteiger partial charge in [0.25, 0.3) is 0 Å². The average Bonchev–Trinajstić information content (AvgIpc) is 2.33. The van der Waals surface area contributed by atoms with Crippen LogP contribution in [-0.4, -0.2) is 23.3 Å². The van der Waals surface area contributed by atoms with Gasteiger partial charge in [0, 0.05) is 12.6 Å². The summed E-state index contributed by atoms with van der Waals surface area (Å²) in [5, 5.41) is 14.1. The van der Waals surface area contributed by atoms with Crippen molar-refractivity contribution < 1.29 is 5.11 Å². The number of nitrogens with one attached hydrogen (secondary N) is 1. The van der Waals surface area contributed by atoms with E-state index in [4.69, 9.17) is 0 Å². The Balaban J connectivity index is 1.71. The third-order valence-corrected chi connectivity index (χ3v) is 4.53. The number of hydrogen-bond acceptors (Lipinski definition) is 2.